The van der Waals surface area contributed by atoms with E-state index >= 15 is 0 Å². The summed E-state index contributed by atoms with van der Waals surface area (Å²) in [5.41, 5.74) is 3.83. The molecule has 150 valence electrons. The zero-order chi connectivity index (χ0) is 21.0. The molecule has 1 aromatic carbocycles. The summed E-state index contributed by atoms with van der Waals surface area (Å²) in [5, 5.41) is 0.722. The van der Waals surface area contributed by atoms with Gasteiger partial charge in [0, 0.05) is 30.5 Å². The van der Waals surface area contributed by atoms with Crippen LogP contribution in [0.2, 0.25) is 10.0 Å². The van der Waals surface area contributed by atoms with Crippen molar-refractivity contribution in [2.24, 2.45) is 7.05 Å². The van der Waals surface area contributed by atoms with Crippen LogP contribution < -0.4 is 10.5 Å². The molecule has 3 heterocycles. The molecule has 0 bridgehead atoms. The van der Waals surface area contributed by atoms with Gasteiger partial charge in [-0.1, -0.05) is 29.3 Å². The van der Waals surface area contributed by atoms with Gasteiger partial charge in [-0.3, -0.25) is 14.5 Å². The van der Waals surface area contributed by atoms with Crippen molar-refractivity contribution >= 4 is 34.8 Å². The van der Waals surface area contributed by atoms with Crippen LogP contribution in [0.25, 0.3) is 0 Å². The lowest BCUT2D eigenvalue weighted by atomic mass is 9.98. The average Bonchev–Trinajstić information content (AvgIpc) is 3.19. The van der Waals surface area contributed by atoms with E-state index in [1.165, 1.54) is 4.57 Å². The van der Waals surface area contributed by atoms with Crippen LogP contribution >= 0.6 is 23.2 Å². The highest BCUT2D eigenvalue weighted by Crippen LogP contribution is 2.44. The first kappa shape index (κ1) is 19.8. The zero-order valence-corrected chi connectivity index (χ0v) is 18.1. The van der Waals surface area contributed by atoms with Crippen molar-refractivity contribution in [2.75, 3.05) is 4.90 Å². The number of amides is 1. The number of nitrogens with zero attached hydrogens (tertiary/aromatic N) is 3. The SMILES string of the molecule is Cc1cc(Cl)ccc1C1c2c(ccn2C(C)C)C(=O)N1c1cc(Cl)c(=O)n(C)c1. The highest BCUT2D eigenvalue weighted by molar-refractivity contribution is 6.31. The van der Waals surface area contributed by atoms with E-state index in [1.54, 1.807) is 24.2 Å². The van der Waals surface area contributed by atoms with Gasteiger partial charge in [0.25, 0.3) is 11.5 Å². The maximum Gasteiger partial charge on any atom is 0.269 e. The number of pyridine rings is 1. The molecule has 0 N–H and O–H groups in total. The molecule has 5 nitrogen and oxygen atoms in total. The van der Waals surface area contributed by atoms with Crippen molar-refractivity contribution in [3.05, 3.63) is 85.5 Å². The molecule has 29 heavy (non-hydrogen) atoms. The normalized spacial score (nSPS) is 16.0. The number of carbonyl (C=O) groups excluding carboxylic acids is 1. The minimum absolute atomic E-state index is 0.0766. The topological polar surface area (TPSA) is 47.2 Å². The van der Waals surface area contributed by atoms with Crippen LogP contribution in [0.3, 0.4) is 0 Å². The minimum Gasteiger partial charge on any atom is -0.346 e. The maximum absolute atomic E-state index is 13.5. The third-order valence-electron chi connectivity index (χ3n) is 5.41. The molecule has 7 heteroatoms. The smallest absolute Gasteiger partial charge is 0.269 e. The quantitative estimate of drug-likeness (QED) is 0.578. The molecule has 2 aromatic heterocycles. The van der Waals surface area contributed by atoms with Gasteiger partial charge < -0.3 is 9.13 Å². The molecule has 1 unspecified atom stereocenters. The Morgan fingerprint density at radius 1 is 1.07 bits per heavy atom. The Labute approximate surface area is 179 Å². The maximum atomic E-state index is 13.5. The van der Waals surface area contributed by atoms with E-state index in [1.807, 2.05) is 37.4 Å². The molecule has 0 saturated carbocycles. The number of rotatable bonds is 3. The lowest BCUT2D eigenvalue weighted by Gasteiger charge is -2.29. The Hall–Kier alpha value is -2.50. The fraction of sp³-hybridized carbons (Fsp3) is 0.273. The van der Waals surface area contributed by atoms with E-state index in [-0.39, 0.29) is 28.6 Å². The Morgan fingerprint density at radius 3 is 2.41 bits per heavy atom. The van der Waals surface area contributed by atoms with Gasteiger partial charge in [-0.25, -0.2) is 0 Å². The molecule has 0 radical (unpaired) electrons. The number of hydrogen-bond acceptors (Lipinski definition) is 2. The van der Waals surface area contributed by atoms with E-state index < -0.39 is 0 Å². The molecule has 1 atom stereocenters. The van der Waals surface area contributed by atoms with Crippen LogP contribution in [0.5, 0.6) is 0 Å². The van der Waals surface area contributed by atoms with Gasteiger partial charge in [0.2, 0.25) is 0 Å². The van der Waals surface area contributed by atoms with E-state index in [0.29, 0.717) is 16.3 Å². The van der Waals surface area contributed by atoms with Crippen LogP contribution in [0, 0.1) is 6.92 Å². The molecule has 1 aliphatic heterocycles. The molecular formula is C22H21Cl2N3O2. The van der Waals surface area contributed by atoms with Crippen LogP contribution in [0.1, 0.15) is 53.1 Å². The molecule has 0 aliphatic carbocycles. The lowest BCUT2D eigenvalue weighted by molar-refractivity contribution is 0.0993. The van der Waals surface area contributed by atoms with Crippen molar-refractivity contribution in [2.45, 2.75) is 32.9 Å². The third-order valence-corrected chi connectivity index (χ3v) is 5.91. The number of carbonyl (C=O) groups is 1. The molecular weight excluding hydrogens is 409 g/mol. The molecule has 0 saturated heterocycles. The van der Waals surface area contributed by atoms with Crippen LogP contribution in [-0.2, 0) is 7.05 Å². The molecule has 0 fully saturated rings. The predicted octanol–water partition coefficient (Wildman–Crippen LogP) is 5.13. The Bertz CT molecular complexity index is 1170. The monoisotopic (exact) mass is 429 g/mol. The number of aromatic nitrogens is 2. The third kappa shape index (κ3) is 3.09. The molecule has 0 spiro atoms. The van der Waals surface area contributed by atoms with Crippen LogP contribution in [0.4, 0.5) is 5.69 Å². The summed E-state index contributed by atoms with van der Waals surface area (Å²) in [6, 6.07) is 8.95. The van der Waals surface area contributed by atoms with Crippen molar-refractivity contribution < 1.29 is 4.79 Å². The second kappa shape index (κ2) is 7.08. The van der Waals surface area contributed by atoms with Crippen molar-refractivity contribution in [3.63, 3.8) is 0 Å². The number of anilines is 1. The number of fused-ring (bicyclic) bond motifs is 1. The Balaban J connectivity index is 1.99. The first-order valence-electron chi connectivity index (χ1n) is 9.37. The fourth-order valence-corrected chi connectivity index (χ4v) is 4.51. The first-order valence-corrected chi connectivity index (χ1v) is 10.1. The van der Waals surface area contributed by atoms with Gasteiger partial charge in [0.1, 0.15) is 11.1 Å². The molecule has 3 aromatic rings. The summed E-state index contributed by atoms with van der Waals surface area (Å²) in [6.07, 6.45) is 3.60. The van der Waals surface area contributed by atoms with E-state index in [9.17, 15) is 9.59 Å². The fourth-order valence-electron chi connectivity index (χ4n) is 4.03. The Morgan fingerprint density at radius 2 is 1.79 bits per heavy atom. The Kier molecular flexibility index (Phi) is 4.83. The van der Waals surface area contributed by atoms with Gasteiger partial charge >= 0.3 is 0 Å². The first-order chi connectivity index (χ1) is 13.7. The number of halogens is 2. The second-order valence-corrected chi connectivity index (χ2v) is 8.50. The van der Waals surface area contributed by atoms with Crippen molar-refractivity contribution in [3.8, 4) is 0 Å². The summed E-state index contributed by atoms with van der Waals surface area (Å²) in [4.78, 5) is 27.3. The molecule has 1 amide bonds. The molecule has 1 aliphatic rings. The second-order valence-electron chi connectivity index (χ2n) is 7.66. The number of benzene rings is 1. The van der Waals surface area contributed by atoms with Crippen molar-refractivity contribution in [1.29, 1.82) is 0 Å². The van der Waals surface area contributed by atoms with E-state index in [0.717, 1.165) is 16.8 Å². The van der Waals surface area contributed by atoms with Crippen molar-refractivity contribution in [1.82, 2.24) is 9.13 Å². The number of aryl methyl sites for hydroxylation is 2. The summed E-state index contributed by atoms with van der Waals surface area (Å²) in [6.45, 7) is 6.16. The largest absolute Gasteiger partial charge is 0.346 e. The average molecular weight is 430 g/mol. The van der Waals surface area contributed by atoms with E-state index in [2.05, 4.69) is 18.4 Å². The summed E-state index contributed by atoms with van der Waals surface area (Å²) >= 11 is 12.3. The predicted molar refractivity (Wildman–Crippen MR) is 116 cm³/mol. The minimum atomic E-state index is -0.347. The van der Waals surface area contributed by atoms with Gasteiger partial charge in [-0.05, 0) is 56.2 Å². The van der Waals surface area contributed by atoms with Gasteiger partial charge in [0.15, 0.2) is 0 Å². The highest BCUT2D eigenvalue weighted by Gasteiger charge is 2.42. The summed E-state index contributed by atoms with van der Waals surface area (Å²) in [7, 11) is 1.63. The highest BCUT2D eigenvalue weighted by atomic mass is 35.5. The van der Waals surface area contributed by atoms with Gasteiger partial charge in [0.05, 0.1) is 16.9 Å². The van der Waals surface area contributed by atoms with Gasteiger partial charge in [-0.2, -0.15) is 0 Å². The van der Waals surface area contributed by atoms with E-state index in [4.69, 9.17) is 23.2 Å². The standard InChI is InChI=1S/C22H21Cl2N3O2/c1-12(2)26-8-7-17-19(26)20(16-6-5-14(23)9-13(16)3)27(21(17)28)15-10-18(24)22(29)25(4)11-15/h5-12,20H,1-4H3. The van der Waals surface area contributed by atoms with Crippen LogP contribution in [0.15, 0.2) is 47.5 Å². The van der Waals surface area contributed by atoms with Crippen LogP contribution in [-0.4, -0.2) is 15.0 Å². The zero-order valence-electron chi connectivity index (χ0n) is 16.6. The summed E-state index contributed by atoms with van der Waals surface area (Å²) < 4.78 is 3.52. The van der Waals surface area contributed by atoms with Gasteiger partial charge in [-0.15, -0.1) is 0 Å². The lowest BCUT2D eigenvalue weighted by Crippen LogP contribution is -2.31. The number of hydrogen-bond donors (Lipinski definition) is 0. The summed E-state index contributed by atoms with van der Waals surface area (Å²) in [5.74, 6) is -0.117. The molecule has 4 rings (SSSR count).